The van der Waals surface area contributed by atoms with Crippen LogP contribution >= 0.6 is 11.6 Å². The number of benzene rings is 2. The maximum atomic E-state index is 12.3. The third kappa shape index (κ3) is 2.27. The van der Waals surface area contributed by atoms with Crippen molar-refractivity contribution < 1.29 is 8.42 Å². The summed E-state index contributed by atoms with van der Waals surface area (Å²) in [5, 5.41) is 0.214. The minimum atomic E-state index is -3.59. The molecule has 2 aromatic rings. The van der Waals surface area contributed by atoms with Crippen molar-refractivity contribution in [2.24, 2.45) is 0 Å². The van der Waals surface area contributed by atoms with E-state index in [-0.39, 0.29) is 14.8 Å². The molecule has 94 valence electrons. The predicted octanol–water partition coefficient (Wildman–Crippen LogP) is 2.34. The first-order valence-electron chi connectivity index (χ1n) is 5.07. The number of halogens is 1. The van der Waals surface area contributed by atoms with E-state index in [1.807, 2.05) is 0 Å². The number of rotatable bonds is 2. The Hall–Kier alpha value is -1.72. The number of anilines is 2. The molecule has 6 heteroatoms. The lowest BCUT2D eigenvalue weighted by Gasteiger charge is -2.06. The molecule has 0 radical (unpaired) electrons. The van der Waals surface area contributed by atoms with Crippen molar-refractivity contribution in [2.45, 2.75) is 9.79 Å². The standard InChI is InChI=1S/C12H11ClN2O2S/c13-11-7-10(5-6-12(11)15)18(16,17)9-3-1-8(14)2-4-9/h1-7H,14-15H2. The molecule has 0 unspecified atom stereocenters. The van der Waals surface area contributed by atoms with Crippen LogP contribution in [0.3, 0.4) is 0 Å². The van der Waals surface area contributed by atoms with Crippen LogP contribution in [0.2, 0.25) is 5.02 Å². The molecule has 0 aromatic heterocycles. The van der Waals surface area contributed by atoms with Gasteiger partial charge in [0.25, 0.3) is 0 Å². The zero-order valence-electron chi connectivity index (χ0n) is 9.30. The van der Waals surface area contributed by atoms with E-state index in [1.54, 1.807) is 0 Å². The summed E-state index contributed by atoms with van der Waals surface area (Å²) in [6, 6.07) is 10.2. The summed E-state index contributed by atoms with van der Waals surface area (Å²) in [4.78, 5) is 0.268. The minimum absolute atomic E-state index is 0.103. The molecule has 4 nitrogen and oxygen atoms in total. The molecule has 0 aliphatic heterocycles. The maximum absolute atomic E-state index is 12.3. The smallest absolute Gasteiger partial charge is 0.206 e. The second-order valence-electron chi connectivity index (χ2n) is 3.76. The molecule has 2 aromatic carbocycles. The van der Waals surface area contributed by atoms with Crippen molar-refractivity contribution in [3.05, 3.63) is 47.5 Å². The van der Waals surface area contributed by atoms with Crippen LogP contribution in [-0.2, 0) is 9.84 Å². The fourth-order valence-corrected chi connectivity index (χ4v) is 2.99. The van der Waals surface area contributed by atoms with E-state index in [0.29, 0.717) is 11.4 Å². The summed E-state index contributed by atoms with van der Waals surface area (Å²) >= 11 is 5.82. The van der Waals surface area contributed by atoms with Gasteiger partial charge in [-0.25, -0.2) is 8.42 Å². The highest BCUT2D eigenvalue weighted by Gasteiger charge is 2.18. The average molecular weight is 283 g/mol. The zero-order valence-corrected chi connectivity index (χ0v) is 10.9. The number of sulfone groups is 1. The van der Waals surface area contributed by atoms with Crippen molar-refractivity contribution in [1.29, 1.82) is 0 Å². The highest BCUT2D eigenvalue weighted by Crippen LogP contribution is 2.27. The Balaban J connectivity index is 2.54. The van der Waals surface area contributed by atoms with Gasteiger partial charge in [-0.3, -0.25) is 0 Å². The molecule has 0 heterocycles. The van der Waals surface area contributed by atoms with Gasteiger partial charge in [0.15, 0.2) is 0 Å². The molecule has 4 N–H and O–H groups in total. The van der Waals surface area contributed by atoms with Gasteiger partial charge in [-0.1, -0.05) is 11.6 Å². The van der Waals surface area contributed by atoms with E-state index in [2.05, 4.69) is 0 Å². The summed E-state index contributed by atoms with van der Waals surface area (Å²) in [5.41, 5.74) is 11.9. The van der Waals surface area contributed by atoms with Gasteiger partial charge in [-0.05, 0) is 42.5 Å². The minimum Gasteiger partial charge on any atom is -0.399 e. The van der Waals surface area contributed by atoms with E-state index in [1.165, 1.54) is 42.5 Å². The molecule has 0 saturated heterocycles. The molecule has 0 spiro atoms. The number of nitrogen functional groups attached to an aromatic ring is 2. The zero-order chi connectivity index (χ0) is 13.3. The molecule has 2 rings (SSSR count). The van der Waals surface area contributed by atoms with Crippen LogP contribution in [0.25, 0.3) is 0 Å². The van der Waals surface area contributed by atoms with Crippen molar-refractivity contribution in [2.75, 3.05) is 11.5 Å². The van der Waals surface area contributed by atoms with Crippen LogP contribution in [0.15, 0.2) is 52.3 Å². The molecule has 18 heavy (non-hydrogen) atoms. The van der Waals surface area contributed by atoms with Crippen LogP contribution in [-0.4, -0.2) is 8.42 Å². The molecule has 0 bridgehead atoms. The second kappa shape index (κ2) is 4.51. The normalized spacial score (nSPS) is 11.4. The Labute approximate surface area is 110 Å². The number of hydrogen-bond donors (Lipinski definition) is 2. The van der Waals surface area contributed by atoms with Crippen molar-refractivity contribution >= 4 is 32.8 Å². The van der Waals surface area contributed by atoms with Gasteiger partial charge in [0.2, 0.25) is 9.84 Å². The largest absolute Gasteiger partial charge is 0.399 e. The van der Waals surface area contributed by atoms with Crippen LogP contribution in [0.4, 0.5) is 11.4 Å². The van der Waals surface area contributed by atoms with E-state index in [4.69, 9.17) is 23.1 Å². The van der Waals surface area contributed by atoms with Gasteiger partial charge < -0.3 is 11.5 Å². The van der Waals surface area contributed by atoms with Gasteiger partial charge in [0.1, 0.15) is 0 Å². The van der Waals surface area contributed by atoms with E-state index in [0.717, 1.165) is 0 Å². The van der Waals surface area contributed by atoms with Crippen LogP contribution in [0.1, 0.15) is 0 Å². The first-order valence-corrected chi connectivity index (χ1v) is 6.93. The number of hydrogen-bond acceptors (Lipinski definition) is 4. The Morgan fingerprint density at radius 1 is 0.889 bits per heavy atom. The highest BCUT2D eigenvalue weighted by atomic mass is 35.5. The SMILES string of the molecule is Nc1ccc(S(=O)(=O)c2ccc(N)c(Cl)c2)cc1. The lowest BCUT2D eigenvalue weighted by atomic mass is 10.3. The summed E-state index contributed by atoms with van der Waals surface area (Å²) < 4.78 is 24.5. The van der Waals surface area contributed by atoms with Gasteiger partial charge >= 0.3 is 0 Å². The lowest BCUT2D eigenvalue weighted by Crippen LogP contribution is -2.02. The first-order chi connectivity index (χ1) is 8.41. The molecule has 0 aliphatic rings. The molecule has 0 aliphatic carbocycles. The summed E-state index contributed by atoms with van der Waals surface area (Å²) in [6.07, 6.45) is 0. The average Bonchev–Trinajstić information content (AvgIpc) is 2.33. The molecule has 0 fully saturated rings. The van der Waals surface area contributed by atoms with Gasteiger partial charge in [-0.2, -0.15) is 0 Å². The molecule has 0 amide bonds. The van der Waals surface area contributed by atoms with Crippen LogP contribution in [0, 0.1) is 0 Å². The fourth-order valence-electron chi connectivity index (χ4n) is 1.46. The quantitative estimate of drug-likeness (QED) is 0.828. The fraction of sp³-hybridized carbons (Fsp3) is 0. The van der Waals surface area contributed by atoms with E-state index < -0.39 is 9.84 Å². The first kappa shape index (κ1) is 12.7. The Bertz CT molecular complexity index is 682. The highest BCUT2D eigenvalue weighted by molar-refractivity contribution is 7.91. The van der Waals surface area contributed by atoms with E-state index >= 15 is 0 Å². The summed E-state index contributed by atoms with van der Waals surface area (Å²) in [6.45, 7) is 0. The Morgan fingerprint density at radius 2 is 1.44 bits per heavy atom. The molecular weight excluding hydrogens is 272 g/mol. The van der Waals surface area contributed by atoms with Gasteiger partial charge in [0, 0.05) is 5.69 Å². The predicted molar refractivity (Wildman–Crippen MR) is 72.2 cm³/mol. The van der Waals surface area contributed by atoms with Crippen LogP contribution in [0.5, 0.6) is 0 Å². The summed E-state index contributed by atoms with van der Waals surface area (Å²) in [5.74, 6) is 0. The third-order valence-corrected chi connectivity index (χ3v) is 4.57. The maximum Gasteiger partial charge on any atom is 0.206 e. The van der Waals surface area contributed by atoms with E-state index in [9.17, 15) is 8.42 Å². The topological polar surface area (TPSA) is 86.2 Å². The third-order valence-electron chi connectivity index (χ3n) is 2.47. The Kier molecular flexibility index (Phi) is 3.19. The summed E-state index contributed by atoms with van der Waals surface area (Å²) in [7, 11) is -3.59. The lowest BCUT2D eigenvalue weighted by molar-refractivity contribution is 0.596. The van der Waals surface area contributed by atoms with Crippen LogP contribution < -0.4 is 11.5 Å². The van der Waals surface area contributed by atoms with Gasteiger partial charge in [-0.15, -0.1) is 0 Å². The van der Waals surface area contributed by atoms with Crippen molar-refractivity contribution in [3.63, 3.8) is 0 Å². The van der Waals surface area contributed by atoms with Crippen molar-refractivity contribution in [1.82, 2.24) is 0 Å². The second-order valence-corrected chi connectivity index (χ2v) is 6.11. The monoisotopic (exact) mass is 282 g/mol. The van der Waals surface area contributed by atoms with Crippen molar-refractivity contribution in [3.8, 4) is 0 Å². The molecule has 0 saturated carbocycles. The molecular formula is C12H11ClN2O2S. The number of nitrogens with two attached hydrogens (primary N) is 2. The molecule has 0 atom stereocenters. The Morgan fingerprint density at radius 3 is 2.00 bits per heavy atom. The van der Waals surface area contributed by atoms with Gasteiger partial charge in [0.05, 0.1) is 20.5 Å².